The van der Waals surface area contributed by atoms with Gasteiger partial charge in [-0.3, -0.25) is 0 Å². The molecule has 0 fully saturated rings. The number of nitrogens with one attached hydrogen (secondary N) is 1. The Morgan fingerprint density at radius 2 is 2.20 bits per heavy atom. The molecule has 0 aromatic carbocycles. The van der Waals surface area contributed by atoms with Crippen LogP contribution in [0.1, 0.15) is 45.0 Å². The Morgan fingerprint density at radius 3 is 2.67 bits per heavy atom. The van der Waals surface area contributed by atoms with Crippen LogP contribution in [0.5, 0.6) is 0 Å². The first kappa shape index (κ1) is 13.2. The lowest BCUT2D eigenvalue weighted by atomic mass is 9.90. The largest absolute Gasteiger partial charge is 0.309 e. The topological polar surface area (TPSA) is 12.0 Å². The minimum absolute atomic E-state index is 0.392. The van der Waals surface area contributed by atoms with Gasteiger partial charge in [-0.15, -0.1) is 11.3 Å². The van der Waals surface area contributed by atoms with Gasteiger partial charge in [0.15, 0.2) is 0 Å². The Hall–Kier alpha value is 0.140. The summed E-state index contributed by atoms with van der Waals surface area (Å²) in [6.07, 6.45) is 1.21. The number of rotatable bonds is 5. The molecule has 0 radical (unpaired) electrons. The second kappa shape index (κ2) is 5.46. The summed E-state index contributed by atoms with van der Waals surface area (Å²) in [5.74, 6) is 0. The van der Waals surface area contributed by atoms with Crippen LogP contribution in [0.2, 0.25) is 0 Å². The highest BCUT2D eigenvalue weighted by Crippen LogP contribution is 2.26. The number of thiophene rings is 1. The minimum Gasteiger partial charge on any atom is -0.309 e. The first-order valence-electron chi connectivity index (χ1n) is 5.42. The maximum Gasteiger partial charge on any atom is 0.0386 e. The van der Waals surface area contributed by atoms with Crippen LogP contribution in [-0.4, -0.2) is 6.54 Å². The van der Waals surface area contributed by atoms with E-state index in [1.54, 1.807) is 11.3 Å². The summed E-state index contributed by atoms with van der Waals surface area (Å²) in [4.78, 5) is 1.40. The SMILES string of the molecule is CCC(C)(C)CNC(C)c1cc(Br)cs1. The molecule has 0 amide bonds. The van der Waals surface area contributed by atoms with Crippen LogP contribution >= 0.6 is 27.3 Å². The molecule has 15 heavy (non-hydrogen) atoms. The highest BCUT2D eigenvalue weighted by atomic mass is 79.9. The van der Waals surface area contributed by atoms with E-state index in [0.29, 0.717) is 11.5 Å². The van der Waals surface area contributed by atoms with Crippen molar-refractivity contribution in [3.63, 3.8) is 0 Å². The molecule has 1 heterocycles. The van der Waals surface area contributed by atoms with Crippen molar-refractivity contribution in [2.75, 3.05) is 6.54 Å². The summed E-state index contributed by atoms with van der Waals surface area (Å²) in [6.45, 7) is 10.1. The Balaban J connectivity index is 2.46. The van der Waals surface area contributed by atoms with Crippen molar-refractivity contribution in [1.29, 1.82) is 0 Å². The summed E-state index contributed by atoms with van der Waals surface area (Å²) in [5, 5.41) is 5.73. The molecule has 0 aliphatic carbocycles. The van der Waals surface area contributed by atoms with Crippen LogP contribution in [0.25, 0.3) is 0 Å². The lowest BCUT2D eigenvalue weighted by Gasteiger charge is -2.25. The lowest BCUT2D eigenvalue weighted by Crippen LogP contribution is -2.30. The van der Waals surface area contributed by atoms with Crippen LogP contribution in [0, 0.1) is 5.41 Å². The molecular weight excluding hydrogens is 270 g/mol. The van der Waals surface area contributed by atoms with Crippen LogP contribution < -0.4 is 5.32 Å². The second-order valence-electron chi connectivity index (χ2n) is 4.79. The van der Waals surface area contributed by atoms with Crippen molar-refractivity contribution in [2.45, 2.75) is 40.2 Å². The fraction of sp³-hybridized carbons (Fsp3) is 0.667. The monoisotopic (exact) mass is 289 g/mol. The van der Waals surface area contributed by atoms with Gasteiger partial charge in [0, 0.05) is 27.3 Å². The average molecular weight is 290 g/mol. The van der Waals surface area contributed by atoms with Gasteiger partial charge in [0.25, 0.3) is 0 Å². The normalized spacial score (nSPS) is 14.2. The van der Waals surface area contributed by atoms with E-state index in [0.717, 1.165) is 6.54 Å². The summed E-state index contributed by atoms with van der Waals surface area (Å²) in [7, 11) is 0. The van der Waals surface area contributed by atoms with Gasteiger partial charge >= 0.3 is 0 Å². The third-order valence-electron chi connectivity index (χ3n) is 2.86. The van der Waals surface area contributed by atoms with Crippen LogP contribution in [0.15, 0.2) is 15.9 Å². The number of hydrogen-bond donors (Lipinski definition) is 1. The third kappa shape index (κ3) is 4.25. The van der Waals surface area contributed by atoms with Gasteiger partial charge in [0.1, 0.15) is 0 Å². The Kier molecular flexibility index (Phi) is 4.81. The lowest BCUT2D eigenvalue weighted by molar-refractivity contribution is 0.315. The van der Waals surface area contributed by atoms with E-state index in [4.69, 9.17) is 0 Å². The highest BCUT2D eigenvalue weighted by molar-refractivity contribution is 9.10. The van der Waals surface area contributed by atoms with Crippen molar-refractivity contribution >= 4 is 27.3 Å². The predicted molar refractivity (Wildman–Crippen MR) is 72.5 cm³/mol. The summed E-state index contributed by atoms with van der Waals surface area (Å²) >= 11 is 5.29. The molecule has 1 nitrogen and oxygen atoms in total. The van der Waals surface area contributed by atoms with E-state index in [2.05, 4.69) is 60.4 Å². The molecule has 0 saturated heterocycles. The maximum atomic E-state index is 3.59. The first-order chi connectivity index (χ1) is 6.94. The van der Waals surface area contributed by atoms with Crippen molar-refractivity contribution in [3.05, 3.63) is 20.8 Å². The Bertz CT molecular complexity index is 306. The molecule has 86 valence electrons. The van der Waals surface area contributed by atoms with Crippen LogP contribution in [-0.2, 0) is 0 Å². The standard InChI is InChI=1S/C12H20BrNS/c1-5-12(3,4)8-14-9(2)11-6-10(13)7-15-11/h6-7,9,14H,5,8H2,1-4H3. The first-order valence-corrected chi connectivity index (χ1v) is 7.09. The van der Waals surface area contributed by atoms with E-state index in [1.807, 2.05) is 0 Å². The molecule has 3 heteroatoms. The summed E-state index contributed by atoms with van der Waals surface area (Å²) in [5.41, 5.74) is 0.392. The zero-order valence-corrected chi connectivity index (χ0v) is 12.3. The van der Waals surface area contributed by atoms with E-state index in [-0.39, 0.29) is 0 Å². The maximum absolute atomic E-state index is 3.59. The molecule has 0 spiro atoms. The molecule has 1 aromatic rings. The molecule has 0 aliphatic heterocycles. The number of halogens is 1. The van der Waals surface area contributed by atoms with E-state index in [9.17, 15) is 0 Å². The Labute approximate surface area is 105 Å². The van der Waals surface area contributed by atoms with E-state index < -0.39 is 0 Å². The smallest absolute Gasteiger partial charge is 0.0386 e. The molecule has 0 saturated carbocycles. The quantitative estimate of drug-likeness (QED) is 0.836. The second-order valence-corrected chi connectivity index (χ2v) is 6.65. The van der Waals surface area contributed by atoms with Crippen molar-refractivity contribution in [2.24, 2.45) is 5.41 Å². The van der Waals surface area contributed by atoms with Gasteiger partial charge in [-0.2, -0.15) is 0 Å². The summed E-state index contributed by atoms with van der Waals surface area (Å²) < 4.78 is 1.19. The minimum atomic E-state index is 0.392. The number of hydrogen-bond acceptors (Lipinski definition) is 2. The van der Waals surface area contributed by atoms with Gasteiger partial charge in [-0.1, -0.05) is 20.8 Å². The molecular formula is C12H20BrNS. The molecule has 1 aromatic heterocycles. The van der Waals surface area contributed by atoms with Gasteiger partial charge in [0.2, 0.25) is 0 Å². The van der Waals surface area contributed by atoms with Crippen molar-refractivity contribution < 1.29 is 0 Å². The zero-order chi connectivity index (χ0) is 11.5. The molecule has 1 atom stereocenters. The van der Waals surface area contributed by atoms with Gasteiger partial charge in [-0.05, 0) is 40.8 Å². The Morgan fingerprint density at radius 1 is 1.53 bits per heavy atom. The predicted octanol–water partition coefficient (Wildman–Crippen LogP) is 4.60. The van der Waals surface area contributed by atoms with Gasteiger partial charge in [0.05, 0.1) is 0 Å². The van der Waals surface area contributed by atoms with E-state index in [1.165, 1.54) is 15.8 Å². The highest BCUT2D eigenvalue weighted by Gasteiger charge is 2.16. The van der Waals surface area contributed by atoms with Gasteiger partial charge < -0.3 is 5.32 Å². The fourth-order valence-electron chi connectivity index (χ4n) is 1.21. The molecule has 1 rings (SSSR count). The zero-order valence-electron chi connectivity index (χ0n) is 9.93. The van der Waals surface area contributed by atoms with Crippen LogP contribution in [0.3, 0.4) is 0 Å². The molecule has 0 bridgehead atoms. The van der Waals surface area contributed by atoms with E-state index >= 15 is 0 Å². The fourth-order valence-corrected chi connectivity index (χ4v) is 2.69. The van der Waals surface area contributed by atoms with Crippen molar-refractivity contribution in [3.8, 4) is 0 Å². The van der Waals surface area contributed by atoms with Crippen LogP contribution in [0.4, 0.5) is 0 Å². The van der Waals surface area contributed by atoms with Crippen molar-refractivity contribution in [1.82, 2.24) is 5.32 Å². The molecule has 0 aliphatic rings. The third-order valence-corrected chi connectivity index (χ3v) is 4.73. The summed E-state index contributed by atoms with van der Waals surface area (Å²) in [6, 6.07) is 2.65. The van der Waals surface area contributed by atoms with Gasteiger partial charge in [-0.25, -0.2) is 0 Å². The molecule has 1 unspecified atom stereocenters. The average Bonchev–Trinajstić information content (AvgIpc) is 2.61. The molecule has 1 N–H and O–H groups in total.